The first-order chi connectivity index (χ1) is 8.30. The topological polar surface area (TPSA) is 118 Å². The SMILES string of the molecule is CC(C)OC(=O)NS(=O)(=O)Nc1ncccc1O. The minimum absolute atomic E-state index is 0.289. The predicted octanol–water partition coefficient (Wildman–Crippen LogP) is 0.578. The van der Waals surface area contributed by atoms with Gasteiger partial charge in [0.15, 0.2) is 11.6 Å². The van der Waals surface area contributed by atoms with Gasteiger partial charge in [-0.15, -0.1) is 0 Å². The van der Waals surface area contributed by atoms with E-state index in [2.05, 4.69) is 9.72 Å². The zero-order valence-corrected chi connectivity index (χ0v) is 10.6. The van der Waals surface area contributed by atoms with E-state index < -0.39 is 22.4 Å². The maximum atomic E-state index is 11.5. The summed E-state index contributed by atoms with van der Waals surface area (Å²) in [5.74, 6) is -0.651. The largest absolute Gasteiger partial charge is 0.504 e. The van der Waals surface area contributed by atoms with Crippen LogP contribution in [0.2, 0.25) is 0 Å². The number of nitrogens with one attached hydrogen (secondary N) is 2. The van der Waals surface area contributed by atoms with Gasteiger partial charge in [-0.2, -0.15) is 8.42 Å². The van der Waals surface area contributed by atoms with Crippen LogP contribution in [-0.2, 0) is 14.9 Å². The van der Waals surface area contributed by atoms with Crippen molar-refractivity contribution in [3.05, 3.63) is 18.3 Å². The summed E-state index contributed by atoms with van der Waals surface area (Å²) in [6.07, 6.45) is -0.291. The number of anilines is 1. The number of rotatable bonds is 4. The minimum atomic E-state index is -4.20. The van der Waals surface area contributed by atoms with Crippen molar-refractivity contribution in [3.63, 3.8) is 0 Å². The van der Waals surface area contributed by atoms with Crippen LogP contribution in [-0.4, -0.2) is 30.7 Å². The fourth-order valence-electron chi connectivity index (χ4n) is 0.976. The first-order valence-corrected chi connectivity index (χ1v) is 6.43. The molecular weight excluding hydrogens is 262 g/mol. The van der Waals surface area contributed by atoms with E-state index in [1.54, 1.807) is 18.6 Å². The number of carbonyl (C=O) groups excluding carboxylic acids is 1. The highest BCUT2D eigenvalue weighted by Gasteiger charge is 2.18. The lowest BCUT2D eigenvalue weighted by atomic mass is 10.4. The van der Waals surface area contributed by atoms with Gasteiger partial charge in [0, 0.05) is 6.20 Å². The van der Waals surface area contributed by atoms with Crippen molar-refractivity contribution in [2.45, 2.75) is 20.0 Å². The van der Waals surface area contributed by atoms with Gasteiger partial charge in [0.05, 0.1) is 6.10 Å². The van der Waals surface area contributed by atoms with Crippen LogP contribution in [0.4, 0.5) is 10.6 Å². The maximum absolute atomic E-state index is 11.5. The third-order valence-corrected chi connectivity index (χ3v) is 2.48. The van der Waals surface area contributed by atoms with Crippen LogP contribution < -0.4 is 9.44 Å². The molecule has 8 nitrogen and oxygen atoms in total. The number of nitrogens with zero attached hydrogens (tertiary/aromatic N) is 1. The standard InChI is InChI=1S/C9H13N3O5S/c1-6(2)17-9(14)12-18(15,16)11-8-7(13)4-3-5-10-8/h3-6,13H,1-2H3,(H,10,11)(H,12,14). The molecule has 1 amide bonds. The van der Waals surface area contributed by atoms with Gasteiger partial charge < -0.3 is 9.84 Å². The molecule has 0 bridgehead atoms. The zero-order chi connectivity index (χ0) is 13.8. The molecule has 9 heteroatoms. The van der Waals surface area contributed by atoms with E-state index in [-0.39, 0.29) is 11.6 Å². The van der Waals surface area contributed by atoms with E-state index in [4.69, 9.17) is 0 Å². The number of ether oxygens (including phenoxy) is 1. The van der Waals surface area contributed by atoms with Crippen LogP contribution in [0, 0.1) is 0 Å². The Labute approximate surface area is 104 Å². The Balaban J connectivity index is 2.72. The molecule has 1 aromatic rings. The number of amides is 1. The number of carbonyl (C=O) groups is 1. The lowest BCUT2D eigenvalue weighted by Gasteiger charge is -2.11. The van der Waals surface area contributed by atoms with Gasteiger partial charge in [-0.25, -0.2) is 19.2 Å². The zero-order valence-electron chi connectivity index (χ0n) is 9.75. The van der Waals surface area contributed by atoms with Gasteiger partial charge in [-0.05, 0) is 26.0 Å². The highest BCUT2D eigenvalue weighted by Crippen LogP contribution is 2.18. The van der Waals surface area contributed by atoms with Crippen LogP contribution >= 0.6 is 0 Å². The van der Waals surface area contributed by atoms with Crippen LogP contribution in [0.15, 0.2) is 18.3 Å². The van der Waals surface area contributed by atoms with E-state index in [0.717, 1.165) is 0 Å². The monoisotopic (exact) mass is 275 g/mol. The van der Waals surface area contributed by atoms with E-state index in [0.29, 0.717) is 0 Å². The molecule has 0 radical (unpaired) electrons. The number of aromatic hydroxyl groups is 1. The van der Waals surface area contributed by atoms with Gasteiger partial charge in [-0.3, -0.25) is 0 Å². The number of aromatic nitrogens is 1. The van der Waals surface area contributed by atoms with Crippen molar-refractivity contribution in [1.82, 2.24) is 9.71 Å². The smallest absolute Gasteiger partial charge is 0.422 e. The molecule has 0 unspecified atom stereocenters. The van der Waals surface area contributed by atoms with Gasteiger partial charge in [-0.1, -0.05) is 0 Å². The van der Waals surface area contributed by atoms with Crippen molar-refractivity contribution in [2.75, 3.05) is 4.72 Å². The molecule has 0 aliphatic rings. The molecule has 0 spiro atoms. The average Bonchev–Trinajstić information content (AvgIpc) is 2.18. The second-order valence-corrected chi connectivity index (χ2v) is 4.95. The molecule has 0 aromatic carbocycles. The quantitative estimate of drug-likeness (QED) is 0.739. The first-order valence-electron chi connectivity index (χ1n) is 4.95. The number of hydrogen-bond donors (Lipinski definition) is 3. The summed E-state index contributed by atoms with van der Waals surface area (Å²) in [4.78, 5) is 14.7. The summed E-state index contributed by atoms with van der Waals surface area (Å²) in [5, 5.41) is 9.32. The fourth-order valence-corrected chi connectivity index (χ4v) is 1.71. The minimum Gasteiger partial charge on any atom is -0.504 e. The molecule has 1 aromatic heterocycles. The summed E-state index contributed by atoms with van der Waals surface area (Å²) in [7, 11) is -4.20. The van der Waals surface area contributed by atoms with Gasteiger partial charge in [0.1, 0.15) is 0 Å². The van der Waals surface area contributed by atoms with E-state index >= 15 is 0 Å². The second kappa shape index (κ2) is 5.54. The molecule has 1 heterocycles. The van der Waals surface area contributed by atoms with E-state index in [9.17, 15) is 18.3 Å². The normalized spacial score (nSPS) is 11.1. The molecule has 3 N–H and O–H groups in total. The third kappa shape index (κ3) is 4.45. The van der Waals surface area contributed by atoms with Crippen molar-refractivity contribution in [1.29, 1.82) is 0 Å². The molecule has 0 atom stereocenters. The summed E-state index contributed by atoms with van der Waals surface area (Å²) in [5.41, 5.74) is 0. The maximum Gasteiger partial charge on any atom is 0.422 e. The van der Waals surface area contributed by atoms with Crippen LogP contribution in [0.1, 0.15) is 13.8 Å². The van der Waals surface area contributed by atoms with Crippen LogP contribution in [0.3, 0.4) is 0 Å². The van der Waals surface area contributed by atoms with Gasteiger partial charge >= 0.3 is 16.3 Å². The number of pyridine rings is 1. The Bertz CT molecular complexity index is 529. The Morgan fingerprint density at radius 1 is 1.50 bits per heavy atom. The molecular formula is C9H13N3O5S. The Morgan fingerprint density at radius 2 is 2.17 bits per heavy atom. The highest BCUT2D eigenvalue weighted by molar-refractivity contribution is 7.91. The second-order valence-electron chi connectivity index (χ2n) is 3.53. The van der Waals surface area contributed by atoms with Crippen molar-refractivity contribution < 1.29 is 23.1 Å². The lowest BCUT2D eigenvalue weighted by molar-refractivity contribution is 0.121. The lowest BCUT2D eigenvalue weighted by Crippen LogP contribution is -2.37. The summed E-state index contributed by atoms with van der Waals surface area (Å²) in [6, 6.07) is 2.67. The molecule has 18 heavy (non-hydrogen) atoms. The number of hydrogen-bond acceptors (Lipinski definition) is 6. The van der Waals surface area contributed by atoms with Crippen molar-refractivity contribution >= 4 is 22.1 Å². The molecule has 0 fully saturated rings. The Kier molecular flexibility index (Phi) is 4.32. The first kappa shape index (κ1) is 14.0. The third-order valence-electron chi connectivity index (χ3n) is 1.58. The Hall–Kier alpha value is -2.03. The van der Waals surface area contributed by atoms with Gasteiger partial charge in [0.2, 0.25) is 0 Å². The molecule has 0 saturated carbocycles. The summed E-state index contributed by atoms with van der Waals surface area (Å²) in [6.45, 7) is 3.15. The summed E-state index contributed by atoms with van der Waals surface area (Å²) < 4.78 is 31.0. The molecule has 100 valence electrons. The van der Waals surface area contributed by atoms with E-state index in [1.807, 2.05) is 4.72 Å². The van der Waals surface area contributed by atoms with Crippen LogP contribution in [0.25, 0.3) is 0 Å². The fraction of sp³-hybridized carbons (Fsp3) is 0.333. The van der Waals surface area contributed by atoms with Crippen LogP contribution in [0.5, 0.6) is 5.75 Å². The molecule has 0 saturated heterocycles. The Morgan fingerprint density at radius 3 is 2.72 bits per heavy atom. The molecule has 1 rings (SSSR count). The van der Waals surface area contributed by atoms with E-state index in [1.165, 1.54) is 18.3 Å². The highest BCUT2D eigenvalue weighted by atomic mass is 32.2. The van der Waals surface area contributed by atoms with Crippen molar-refractivity contribution in [2.24, 2.45) is 0 Å². The van der Waals surface area contributed by atoms with Crippen molar-refractivity contribution in [3.8, 4) is 5.75 Å². The predicted molar refractivity (Wildman–Crippen MR) is 63.2 cm³/mol. The molecule has 0 aliphatic carbocycles. The van der Waals surface area contributed by atoms with Gasteiger partial charge in [0.25, 0.3) is 0 Å². The average molecular weight is 275 g/mol. The summed E-state index contributed by atoms with van der Waals surface area (Å²) >= 11 is 0. The molecule has 0 aliphatic heterocycles.